The summed E-state index contributed by atoms with van der Waals surface area (Å²) >= 11 is 0. The van der Waals surface area contributed by atoms with Crippen LogP contribution in [-0.2, 0) is 0 Å². The average molecular weight is 255 g/mol. The van der Waals surface area contributed by atoms with E-state index in [0.29, 0.717) is 5.92 Å². The topological polar surface area (TPSA) is 33.1 Å². The Morgan fingerprint density at radius 1 is 1.26 bits per heavy atom. The van der Waals surface area contributed by atoms with Crippen LogP contribution in [0, 0.1) is 12.8 Å². The van der Waals surface area contributed by atoms with E-state index in [-0.39, 0.29) is 6.10 Å². The van der Waals surface area contributed by atoms with E-state index in [1.807, 2.05) is 31.2 Å². The van der Waals surface area contributed by atoms with Crippen molar-refractivity contribution in [2.24, 2.45) is 5.92 Å². The van der Waals surface area contributed by atoms with Crippen LogP contribution in [0.4, 0.5) is 0 Å². The van der Waals surface area contributed by atoms with E-state index in [2.05, 4.69) is 11.1 Å². The summed E-state index contributed by atoms with van der Waals surface area (Å²) in [7, 11) is 0. The van der Waals surface area contributed by atoms with Crippen LogP contribution in [0.5, 0.6) is 0 Å². The molecule has 2 heteroatoms. The number of aliphatic hydroxyl groups excluding tert-OH is 1. The lowest BCUT2D eigenvalue weighted by molar-refractivity contribution is 0.146. The molecule has 1 aliphatic carbocycles. The van der Waals surface area contributed by atoms with E-state index < -0.39 is 0 Å². The van der Waals surface area contributed by atoms with E-state index in [1.165, 1.54) is 25.7 Å². The smallest absolute Gasteiger partial charge is 0.0799 e. The first-order valence-corrected chi connectivity index (χ1v) is 7.28. The first kappa shape index (κ1) is 12.6. The Hall–Kier alpha value is -1.41. The summed E-state index contributed by atoms with van der Waals surface area (Å²) in [6.45, 7) is 2.00. The fraction of sp³-hybridized carbons (Fsp3) is 0.471. The van der Waals surface area contributed by atoms with Gasteiger partial charge in [0.25, 0.3) is 0 Å². The van der Waals surface area contributed by atoms with Crippen LogP contribution in [-0.4, -0.2) is 10.1 Å². The highest BCUT2D eigenvalue weighted by Crippen LogP contribution is 2.35. The largest absolute Gasteiger partial charge is 0.388 e. The minimum atomic E-state index is -0.352. The van der Waals surface area contributed by atoms with Gasteiger partial charge in [-0.25, -0.2) is 0 Å². The quantitative estimate of drug-likeness (QED) is 0.893. The molecular formula is C17H21NO. The van der Waals surface area contributed by atoms with Crippen molar-refractivity contribution < 1.29 is 5.11 Å². The third-order valence-corrected chi connectivity index (χ3v) is 4.27. The van der Waals surface area contributed by atoms with Gasteiger partial charge in [0.15, 0.2) is 0 Å². The molecule has 1 saturated carbocycles. The zero-order valence-corrected chi connectivity index (χ0v) is 11.5. The van der Waals surface area contributed by atoms with Crippen molar-refractivity contribution in [2.45, 2.75) is 45.1 Å². The van der Waals surface area contributed by atoms with Gasteiger partial charge >= 0.3 is 0 Å². The maximum absolute atomic E-state index is 10.6. The molecule has 0 bridgehead atoms. The maximum atomic E-state index is 10.6. The molecule has 1 heterocycles. The molecule has 1 fully saturated rings. The highest BCUT2D eigenvalue weighted by Gasteiger charge is 2.21. The lowest BCUT2D eigenvalue weighted by atomic mass is 9.93. The Morgan fingerprint density at radius 3 is 2.79 bits per heavy atom. The first-order valence-electron chi connectivity index (χ1n) is 7.28. The van der Waals surface area contributed by atoms with Gasteiger partial charge in [-0.05, 0) is 37.0 Å². The zero-order valence-electron chi connectivity index (χ0n) is 11.5. The van der Waals surface area contributed by atoms with E-state index in [4.69, 9.17) is 0 Å². The normalized spacial score (nSPS) is 18.0. The van der Waals surface area contributed by atoms with Gasteiger partial charge < -0.3 is 5.11 Å². The summed E-state index contributed by atoms with van der Waals surface area (Å²) in [5, 5.41) is 11.7. The second-order valence-corrected chi connectivity index (χ2v) is 5.77. The Bertz CT molecular complexity index is 572. The molecule has 0 aliphatic heterocycles. The molecule has 1 aliphatic rings. The summed E-state index contributed by atoms with van der Waals surface area (Å²) < 4.78 is 0. The van der Waals surface area contributed by atoms with Gasteiger partial charge in [-0.2, -0.15) is 0 Å². The summed E-state index contributed by atoms with van der Waals surface area (Å²) in [6.07, 6.45) is 5.75. The standard InChI is InChI=1S/C17H21NO/c1-12-10-15(14-8-4-5-9-16(14)18-12)17(19)11-13-6-2-3-7-13/h4-5,8-10,13,17,19H,2-3,6-7,11H2,1H3. The Kier molecular flexibility index (Phi) is 3.52. The number of fused-ring (bicyclic) bond motifs is 1. The number of hydrogen-bond donors (Lipinski definition) is 1. The number of aliphatic hydroxyl groups is 1. The van der Waals surface area contributed by atoms with Gasteiger partial charge in [0, 0.05) is 11.1 Å². The number of aromatic nitrogens is 1. The van der Waals surface area contributed by atoms with Crippen molar-refractivity contribution in [3.05, 3.63) is 41.6 Å². The number of para-hydroxylation sites is 1. The van der Waals surface area contributed by atoms with Crippen molar-refractivity contribution >= 4 is 10.9 Å². The number of aryl methyl sites for hydroxylation is 1. The molecule has 1 N–H and O–H groups in total. The second kappa shape index (κ2) is 5.30. The average Bonchev–Trinajstić information content (AvgIpc) is 2.90. The fourth-order valence-electron chi connectivity index (χ4n) is 3.30. The molecule has 3 rings (SSSR count). The zero-order chi connectivity index (χ0) is 13.2. The van der Waals surface area contributed by atoms with Gasteiger partial charge in [0.2, 0.25) is 0 Å². The Balaban J connectivity index is 1.94. The van der Waals surface area contributed by atoms with E-state index in [1.54, 1.807) is 0 Å². The molecule has 1 atom stereocenters. The number of pyridine rings is 1. The SMILES string of the molecule is Cc1cc(C(O)CC2CCCC2)c2ccccc2n1. The van der Waals surface area contributed by atoms with Crippen LogP contribution in [0.1, 0.15) is 49.5 Å². The lowest BCUT2D eigenvalue weighted by Crippen LogP contribution is -2.06. The number of rotatable bonds is 3. The molecule has 0 amide bonds. The molecular weight excluding hydrogens is 234 g/mol. The number of nitrogens with zero attached hydrogens (tertiary/aromatic N) is 1. The van der Waals surface area contributed by atoms with Crippen LogP contribution in [0.3, 0.4) is 0 Å². The minimum Gasteiger partial charge on any atom is -0.388 e. The van der Waals surface area contributed by atoms with Crippen molar-refractivity contribution in [3.63, 3.8) is 0 Å². The third kappa shape index (κ3) is 2.64. The molecule has 0 spiro atoms. The molecule has 0 radical (unpaired) electrons. The van der Waals surface area contributed by atoms with Crippen molar-refractivity contribution in [1.82, 2.24) is 4.98 Å². The van der Waals surface area contributed by atoms with Crippen LogP contribution >= 0.6 is 0 Å². The van der Waals surface area contributed by atoms with Gasteiger partial charge in [-0.3, -0.25) is 4.98 Å². The van der Waals surface area contributed by atoms with Crippen LogP contribution in [0.2, 0.25) is 0 Å². The highest BCUT2D eigenvalue weighted by molar-refractivity contribution is 5.82. The molecule has 1 aromatic heterocycles. The second-order valence-electron chi connectivity index (χ2n) is 5.77. The van der Waals surface area contributed by atoms with Gasteiger partial charge in [-0.1, -0.05) is 43.9 Å². The number of benzene rings is 1. The van der Waals surface area contributed by atoms with E-state index in [9.17, 15) is 5.11 Å². The molecule has 0 saturated heterocycles. The number of hydrogen-bond acceptors (Lipinski definition) is 2. The summed E-state index contributed by atoms with van der Waals surface area (Å²) in [5.41, 5.74) is 3.03. The Morgan fingerprint density at radius 2 is 2.00 bits per heavy atom. The monoisotopic (exact) mass is 255 g/mol. The summed E-state index contributed by atoms with van der Waals surface area (Å²) in [6, 6.07) is 10.2. The van der Waals surface area contributed by atoms with Crippen molar-refractivity contribution in [2.75, 3.05) is 0 Å². The van der Waals surface area contributed by atoms with Crippen molar-refractivity contribution in [3.8, 4) is 0 Å². The molecule has 100 valence electrons. The van der Waals surface area contributed by atoms with Crippen LogP contribution in [0.15, 0.2) is 30.3 Å². The van der Waals surface area contributed by atoms with Gasteiger partial charge in [0.1, 0.15) is 0 Å². The molecule has 2 nitrogen and oxygen atoms in total. The summed E-state index contributed by atoms with van der Waals surface area (Å²) in [4.78, 5) is 4.54. The predicted molar refractivity (Wildman–Crippen MR) is 78.0 cm³/mol. The van der Waals surface area contributed by atoms with Crippen LogP contribution in [0.25, 0.3) is 10.9 Å². The lowest BCUT2D eigenvalue weighted by Gasteiger charge is -2.18. The maximum Gasteiger partial charge on any atom is 0.0799 e. The fourth-order valence-corrected chi connectivity index (χ4v) is 3.30. The minimum absolute atomic E-state index is 0.352. The molecule has 1 aromatic carbocycles. The first-order chi connectivity index (χ1) is 9.24. The van der Waals surface area contributed by atoms with E-state index in [0.717, 1.165) is 28.6 Å². The molecule has 1 unspecified atom stereocenters. The molecule has 19 heavy (non-hydrogen) atoms. The predicted octanol–water partition coefficient (Wildman–Crippen LogP) is 4.16. The van der Waals surface area contributed by atoms with Gasteiger partial charge in [-0.15, -0.1) is 0 Å². The molecule has 2 aromatic rings. The van der Waals surface area contributed by atoms with Crippen LogP contribution < -0.4 is 0 Å². The van der Waals surface area contributed by atoms with Crippen molar-refractivity contribution in [1.29, 1.82) is 0 Å². The Labute approximate surface area is 114 Å². The van der Waals surface area contributed by atoms with Gasteiger partial charge in [0.05, 0.1) is 11.6 Å². The third-order valence-electron chi connectivity index (χ3n) is 4.27. The summed E-state index contributed by atoms with van der Waals surface area (Å²) in [5.74, 6) is 0.697. The van der Waals surface area contributed by atoms with E-state index >= 15 is 0 Å². The highest BCUT2D eigenvalue weighted by atomic mass is 16.3.